The molecule has 0 spiro atoms. The first-order valence-corrected chi connectivity index (χ1v) is 11.2. The third-order valence-corrected chi connectivity index (χ3v) is 5.61. The summed E-state index contributed by atoms with van der Waals surface area (Å²) in [6, 6.07) is 9.29. The summed E-state index contributed by atoms with van der Waals surface area (Å²) in [7, 11) is 0. The summed E-state index contributed by atoms with van der Waals surface area (Å²) in [4.78, 5) is 27.6. The fourth-order valence-electron chi connectivity index (χ4n) is 3.76. The van der Waals surface area contributed by atoms with E-state index in [0.29, 0.717) is 6.07 Å². The number of aryl methyl sites for hydroxylation is 2. The van der Waals surface area contributed by atoms with E-state index in [1.807, 2.05) is 0 Å². The number of carbonyl (C=O) groups is 2. The number of aromatic nitrogens is 1. The third-order valence-electron chi connectivity index (χ3n) is 5.61. The quantitative estimate of drug-likeness (QED) is 0.311. The molecule has 1 atom stereocenters. The molecule has 0 saturated carbocycles. The van der Waals surface area contributed by atoms with Crippen molar-refractivity contribution >= 4 is 11.9 Å². The van der Waals surface area contributed by atoms with Crippen molar-refractivity contribution in [2.45, 2.75) is 44.8 Å². The summed E-state index contributed by atoms with van der Waals surface area (Å²) in [6.45, 7) is 1.23. The van der Waals surface area contributed by atoms with Crippen molar-refractivity contribution in [3.05, 3.63) is 99.4 Å². The smallest absolute Gasteiger partial charge is 0.416 e. The number of rotatable bonds is 8. The molecule has 3 aromatic rings. The van der Waals surface area contributed by atoms with Crippen molar-refractivity contribution in [2.75, 3.05) is 0 Å². The molecular formula is C26H21F7N2O3. The molecule has 0 fully saturated rings. The molecule has 202 valence electrons. The molecule has 5 nitrogen and oxygen atoms in total. The predicted molar refractivity (Wildman–Crippen MR) is 122 cm³/mol. The highest BCUT2D eigenvalue weighted by Gasteiger charge is 2.34. The van der Waals surface area contributed by atoms with E-state index in [-0.39, 0.29) is 41.0 Å². The van der Waals surface area contributed by atoms with Gasteiger partial charge in [-0.2, -0.15) is 26.3 Å². The fraction of sp³-hybridized carbons (Fsp3) is 0.269. The lowest BCUT2D eigenvalue weighted by Crippen LogP contribution is -2.24. The zero-order valence-electron chi connectivity index (χ0n) is 19.8. The number of amides is 1. The number of hydrogen-bond donors (Lipinski definition) is 2. The van der Waals surface area contributed by atoms with Gasteiger partial charge in [-0.1, -0.05) is 18.2 Å². The lowest BCUT2D eigenvalue weighted by atomic mass is 9.96. The number of hydrogen-bond acceptors (Lipinski definition) is 3. The number of aromatic carboxylic acids is 1. The van der Waals surface area contributed by atoms with E-state index in [1.165, 1.54) is 25.1 Å². The van der Waals surface area contributed by atoms with Gasteiger partial charge in [-0.15, -0.1) is 0 Å². The van der Waals surface area contributed by atoms with Gasteiger partial charge in [0.25, 0.3) is 5.91 Å². The topological polar surface area (TPSA) is 79.3 Å². The normalized spacial score (nSPS) is 12.7. The molecule has 1 unspecified atom stereocenters. The second-order valence-corrected chi connectivity index (χ2v) is 8.49. The van der Waals surface area contributed by atoms with Gasteiger partial charge in [0.05, 0.1) is 16.7 Å². The summed E-state index contributed by atoms with van der Waals surface area (Å²) < 4.78 is 93.9. The van der Waals surface area contributed by atoms with Crippen LogP contribution < -0.4 is 5.32 Å². The molecule has 0 radical (unpaired) electrons. The Bertz CT molecular complexity index is 1340. The molecule has 1 amide bonds. The molecule has 0 saturated heterocycles. The maximum absolute atomic E-state index is 15.0. The van der Waals surface area contributed by atoms with Gasteiger partial charge in [-0.3, -0.25) is 4.79 Å². The van der Waals surface area contributed by atoms with Gasteiger partial charge in [0.2, 0.25) is 0 Å². The van der Waals surface area contributed by atoms with Crippen LogP contribution in [0.25, 0.3) is 0 Å². The zero-order chi connectivity index (χ0) is 28.3. The monoisotopic (exact) mass is 542 g/mol. The number of carboxylic acids is 1. The van der Waals surface area contributed by atoms with E-state index in [4.69, 9.17) is 5.11 Å². The minimum absolute atomic E-state index is 0.0163. The molecule has 0 aliphatic carbocycles. The SMILES string of the molecule is Cc1cc(C(F)CCc2ccc(C(=O)O)cc2C(F)(F)F)cc(C(=O)NCc2cccc(C(F)(F)F)c2)n1. The van der Waals surface area contributed by atoms with Crippen LogP contribution >= 0.6 is 0 Å². The Kier molecular flexibility index (Phi) is 8.43. The van der Waals surface area contributed by atoms with E-state index in [0.717, 1.165) is 30.3 Å². The number of nitrogens with zero attached hydrogens (tertiary/aromatic N) is 1. The molecule has 0 aliphatic rings. The van der Waals surface area contributed by atoms with Crippen LogP contribution in [0.1, 0.15) is 67.0 Å². The van der Waals surface area contributed by atoms with Gasteiger partial charge in [0.1, 0.15) is 11.9 Å². The molecule has 0 aliphatic heterocycles. The maximum Gasteiger partial charge on any atom is 0.416 e. The minimum atomic E-state index is -4.84. The molecule has 2 N–H and O–H groups in total. The molecule has 1 heterocycles. The Morgan fingerprint density at radius 3 is 2.32 bits per heavy atom. The molecular weight excluding hydrogens is 521 g/mol. The van der Waals surface area contributed by atoms with E-state index in [2.05, 4.69) is 10.3 Å². The summed E-state index contributed by atoms with van der Waals surface area (Å²) in [6.07, 6.45) is -11.9. The molecule has 2 aromatic carbocycles. The van der Waals surface area contributed by atoms with Crippen LogP contribution in [0.3, 0.4) is 0 Å². The first-order chi connectivity index (χ1) is 17.6. The molecule has 12 heteroatoms. The Balaban J connectivity index is 1.72. The van der Waals surface area contributed by atoms with Gasteiger partial charge >= 0.3 is 18.3 Å². The number of nitrogens with one attached hydrogen (secondary N) is 1. The zero-order valence-corrected chi connectivity index (χ0v) is 19.8. The van der Waals surface area contributed by atoms with E-state index >= 15 is 4.39 Å². The van der Waals surface area contributed by atoms with Crippen LogP contribution in [-0.2, 0) is 25.3 Å². The van der Waals surface area contributed by atoms with Crippen molar-refractivity contribution in [3.8, 4) is 0 Å². The highest BCUT2D eigenvalue weighted by atomic mass is 19.4. The van der Waals surface area contributed by atoms with Gasteiger partial charge in [-0.25, -0.2) is 14.2 Å². The predicted octanol–water partition coefficient (Wildman–Crippen LogP) is 6.70. The standard InChI is InChI=1S/C26H21F7N2O3/c1-14-9-18(21(27)8-7-16-5-6-17(24(37)38)11-20(16)26(31,32)33)12-22(35-14)23(36)34-13-15-3-2-4-19(10-15)25(28,29)30/h2-6,9-12,21H,7-8,13H2,1H3,(H,34,36)(H,37,38). The van der Waals surface area contributed by atoms with Gasteiger partial charge in [0.15, 0.2) is 0 Å². The number of pyridine rings is 1. The van der Waals surface area contributed by atoms with Crippen LogP contribution in [0.2, 0.25) is 0 Å². The van der Waals surface area contributed by atoms with Crippen LogP contribution in [-0.4, -0.2) is 22.0 Å². The van der Waals surface area contributed by atoms with Crippen molar-refractivity contribution in [2.24, 2.45) is 0 Å². The number of alkyl halides is 7. The van der Waals surface area contributed by atoms with Gasteiger partial charge < -0.3 is 10.4 Å². The highest BCUT2D eigenvalue weighted by Crippen LogP contribution is 2.35. The van der Waals surface area contributed by atoms with Crippen molar-refractivity contribution in [3.63, 3.8) is 0 Å². The molecule has 38 heavy (non-hydrogen) atoms. The van der Waals surface area contributed by atoms with Crippen LogP contribution in [0.4, 0.5) is 30.7 Å². The number of carboxylic acid groups (broad SMARTS) is 1. The van der Waals surface area contributed by atoms with E-state index in [1.54, 1.807) is 0 Å². The summed E-state index contributed by atoms with van der Waals surface area (Å²) in [5.41, 5.74) is -2.70. The van der Waals surface area contributed by atoms with Crippen LogP contribution in [0, 0.1) is 6.92 Å². The Labute approximate surface area is 212 Å². The molecule has 1 aromatic heterocycles. The maximum atomic E-state index is 15.0. The number of benzene rings is 2. The lowest BCUT2D eigenvalue weighted by molar-refractivity contribution is -0.138. The van der Waals surface area contributed by atoms with Crippen LogP contribution in [0.5, 0.6) is 0 Å². The number of halogens is 7. The van der Waals surface area contributed by atoms with E-state index < -0.39 is 53.5 Å². The van der Waals surface area contributed by atoms with E-state index in [9.17, 15) is 35.9 Å². The third kappa shape index (κ3) is 7.30. The van der Waals surface area contributed by atoms with Crippen molar-refractivity contribution in [1.82, 2.24) is 10.3 Å². The summed E-state index contributed by atoms with van der Waals surface area (Å²) in [5.74, 6) is -2.31. The first-order valence-electron chi connectivity index (χ1n) is 11.2. The average Bonchev–Trinajstić information content (AvgIpc) is 2.84. The van der Waals surface area contributed by atoms with Crippen molar-refractivity contribution < 1.29 is 45.4 Å². The molecule has 0 bridgehead atoms. The minimum Gasteiger partial charge on any atom is -0.478 e. The van der Waals surface area contributed by atoms with Crippen molar-refractivity contribution in [1.29, 1.82) is 0 Å². The Morgan fingerprint density at radius 1 is 0.974 bits per heavy atom. The average molecular weight is 542 g/mol. The first kappa shape index (κ1) is 28.6. The molecule has 3 rings (SSSR count). The summed E-state index contributed by atoms with van der Waals surface area (Å²) >= 11 is 0. The summed E-state index contributed by atoms with van der Waals surface area (Å²) in [5, 5.41) is 11.4. The fourth-order valence-corrected chi connectivity index (χ4v) is 3.76. The Hall–Kier alpha value is -3.96. The lowest BCUT2D eigenvalue weighted by Gasteiger charge is -2.16. The second kappa shape index (κ2) is 11.2. The largest absolute Gasteiger partial charge is 0.478 e. The highest BCUT2D eigenvalue weighted by molar-refractivity contribution is 5.92. The Morgan fingerprint density at radius 2 is 1.68 bits per heavy atom. The van der Waals surface area contributed by atoms with Crippen LogP contribution in [0.15, 0.2) is 54.6 Å². The van der Waals surface area contributed by atoms with Gasteiger partial charge in [0, 0.05) is 12.2 Å². The van der Waals surface area contributed by atoms with Gasteiger partial charge in [-0.05, 0) is 72.9 Å². The second-order valence-electron chi connectivity index (χ2n) is 8.49. The number of carbonyl (C=O) groups excluding carboxylic acids is 1.